The molecule has 6 nitrogen and oxygen atoms in total. The molecule has 0 atom stereocenters. The molecule has 0 aliphatic rings. The van der Waals surface area contributed by atoms with Crippen LogP contribution in [0.1, 0.15) is 11.3 Å². The van der Waals surface area contributed by atoms with Crippen LogP contribution in [0.25, 0.3) is 6.08 Å². The number of rotatable bonds is 3. The van der Waals surface area contributed by atoms with Crippen molar-refractivity contribution < 1.29 is 10.2 Å². The van der Waals surface area contributed by atoms with Gasteiger partial charge in [-0.2, -0.15) is 0 Å². The summed E-state index contributed by atoms with van der Waals surface area (Å²) in [5.41, 5.74) is 0.0821. The molecule has 3 N–H and O–H groups in total. The summed E-state index contributed by atoms with van der Waals surface area (Å²) in [5.74, 6) is 0. The second-order valence-electron chi connectivity index (χ2n) is 3.45. The van der Waals surface area contributed by atoms with E-state index in [1.165, 1.54) is 17.7 Å². The van der Waals surface area contributed by atoms with Crippen LogP contribution in [0.15, 0.2) is 15.2 Å². The zero-order valence-electron chi connectivity index (χ0n) is 9.15. The van der Waals surface area contributed by atoms with E-state index in [-0.39, 0.29) is 13.2 Å². The van der Waals surface area contributed by atoms with E-state index in [2.05, 4.69) is 4.98 Å². The van der Waals surface area contributed by atoms with Crippen LogP contribution < -0.4 is 11.2 Å². The third-order valence-electron chi connectivity index (χ3n) is 2.36. The molecule has 0 spiro atoms. The van der Waals surface area contributed by atoms with E-state index in [9.17, 15) is 9.59 Å². The van der Waals surface area contributed by atoms with Gasteiger partial charge in [-0.25, -0.2) is 4.79 Å². The highest BCUT2D eigenvalue weighted by atomic mass is 16.3. The van der Waals surface area contributed by atoms with Gasteiger partial charge in [0.05, 0.1) is 18.9 Å². The number of nitrogens with zero attached hydrogens (tertiary/aromatic N) is 1. The predicted molar refractivity (Wildman–Crippen MR) is 59.2 cm³/mol. The van der Waals surface area contributed by atoms with Crippen LogP contribution in [0, 0.1) is 6.92 Å². The van der Waals surface area contributed by atoms with Crippen LogP contribution in [0.4, 0.5) is 0 Å². The lowest BCUT2D eigenvalue weighted by Gasteiger charge is -2.07. The number of H-pyrrole nitrogens is 1. The molecule has 0 unspecified atom stereocenters. The summed E-state index contributed by atoms with van der Waals surface area (Å²) in [4.78, 5) is 24.8. The van der Waals surface area contributed by atoms with Crippen molar-refractivity contribution in [3.05, 3.63) is 37.7 Å². The Morgan fingerprint density at radius 2 is 1.94 bits per heavy atom. The van der Waals surface area contributed by atoms with Crippen molar-refractivity contribution in [2.45, 2.75) is 6.92 Å². The third kappa shape index (κ3) is 2.29. The van der Waals surface area contributed by atoms with Crippen LogP contribution in [-0.4, -0.2) is 33.0 Å². The maximum Gasteiger partial charge on any atom is 0.328 e. The van der Waals surface area contributed by atoms with Gasteiger partial charge in [0, 0.05) is 12.6 Å². The van der Waals surface area contributed by atoms with E-state index in [0.717, 1.165) is 0 Å². The molecule has 1 rings (SSSR count). The smallest absolute Gasteiger partial charge is 0.328 e. The molecule has 0 radical (unpaired) electrons. The van der Waals surface area contributed by atoms with Gasteiger partial charge < -0.3 is 10.2 Å². The summed E-state index contributed by atoms with van der Waals surface area (Å²) in [7, 11) is 1.50. The molecule has 0 fully saturated rings. The molecule has 16 heavy (non-hydrogen) atoms. The number of nitrogens with one attached hydrogen (secondary N) is 1. The summed E-state index contributed by atoms with van der Waals surface area (Å²) in [6.07, 6.45) is 1.44. The number of aromatic amines is 1. The Kier molecular flexibility index (Phi) is 3.81. The van der Waals surface area contributed by atoms with E-state index in [4.69, 9.17) is 10.2 Å². The first kappa shape index (κ1) is 12.4. The van der Waals surface area contributed by atoms with Crippen molar-refractivity contribution in [1.29, 1.82) is 0 Å². The van der Waals surface area contributed by atoms with Gasteiger partial charge in [-0.1, -0.05) is 0 Å². The van der Waals surface area contributed by atoms with Crippen LogP contribution >= 0.6 is 0 Å². The second-order valence-corrected chi connectivity index (χ2v) is 3.45. The minimum absolute atomic E-state index is 0.322. The molecule has 0 aliphatic heterocycles. The van der Waals surface area contributed by atoms with Crippen LogP contribution in [0.5, 0.6) is 0 Å². The highest BCUT2D eigenvalue weighted by Crippen LogP contribution is 2.05. The Bertz CT molecular complexity index is 484. The van der Waals surface area contributed by atoms with Crippen LogP contribution in [-0.2, 0) is 7.05 Å². The molecule has 0 saturated heterocycles. The Morgan fingerprint density at radius 1 is 1.38 bits per heavy atom. The minimum atomic E-state index is -0.530. The van der Waals surface area contributed by atoms with Gasteiger partial charge >= 0.3 is 5.69 Å². The van der Waals surface area contributed by atoms with Gasteiger partial charge in [0.25, 0.3) is 5.56 Å². The van der Waals surface area contributed by atoms with Crippen molar-refractivity contribution >= 4 is 6.08 Å². The molecule has 0 saturated carbocycles. The zero-order chi connectivity index (χ0) is 12.3. The topological polar surface area (TPSA) is 95.3 Å². The lowest BCUT2D eigenvalue weighted by molar-refractivity contribution is 0.278. The normalized spacial score (nSPS) is 10.2. The standard InChI is InChI=1S/C10H14N2O4/c1-6-8(3-7(4-13)5-14)12(2)10(16)11-9(6)15/h3,13-14H,4-5H2,1-2H3,(H,11,15,16). The summed E-state index contributed by atoms with van der Waals surface area (Å²) in [6, 6.07) is 0. The maximum absolute atomic E-state index is 11.3. The quantitative estimate of drug-likeness (QED) is 0.600. The van der Waals surface area contributed by atoms with Crippen molar-refractivity contribution in [3.63, 3.8) is 0 Å². The molecule has 1 heterocycles. The fraction of sp³-hybridized carbons (Fsp3) is 0.400. The van der Waals surface area contributed by atoms with Gasteiger partial charge in [0.2, 0.25) is 0 Å². The van der Waals surface area contributed by atoms with Gasteiger partial charge in [0.15, 0.2) is 0 Å². The molecule has 0 aliphatic carbocycles. The highest BCUT2D eigenvalue weighted by molar-refractivity contribution is 5.52. The minimum Gasteiger partial charge on any atom is -0.392 e. The first-order valence-corrected chi connectivity index (χ1v) is 4.72. The van der Waals surface area contributed by atoms with E-state index < -0.39 is 11.2 Å². The average molecular weight is 226 g/mol. The Balaban J connectivity index is 3.50. The van der Waals surface area contributed by atoms with Gasteiger partial charge in [0.1, 0.15) is 0 Å². The van der Waals surface area contributed by atoms with E-state index in [0.29, 0.717) is 16.8 Å². The van der Waals surface area contributed by atoms with Gasteiger partial charge in [-0.15, -0.1) is 0 Å². The van der Waals surface area contributed by atoms with Gasteiger partial charge in [-0.3, -0.25) is 14.3 Å². The van der Waals surface area contributed by atoms with Gasteiger partial charge in [-0.05, 0) is 18.6 Å². The summed E-state index contributed by atoms with van der Waals surface area (Å²) in [5, 5.41) is 17.8. The summed E-state index contributed by atoms with van der Waals surface area (Å²) >= 11 is 0. The van der Waals surface area contributed by atoms with Crippen molar-refractivity contribution in [2.75, 3.05) is 13.2 Å². The largest absolute Gasteiger partial charge is 0.392 e. The molecule has 88 valence electrons. The van der Waals surface area contributed by atoms with E-state index in [1.807, 2.05) is 0 Å². The first-order valence-electron chi connectivity index (χ1n) is 4.72. The lowest BCUT2D eigenvalue weighted by atomic mass is 10.1. The molecule has 0 bridgehead atoms. The fourth-order valence-corrected chi connectivity index (χ4v) is 1.29. The molecule has 0 amide bonds. The van der Waals surface area contributed by atoms with E-state index >= 15 is 0 Å². The first-order chi connectivity index (χ1) is 7.51. The SMILES string of the molecule is Cc1c(C=C(CO)CO)n(C)c(=O)[nH]c1=O. The number of aliphatic hydroxyl groups is 2. The fourth-order valence-electron chi connectivity index (χ4n) is 1.29. The molecule has 0 aromatic carbocycles. The Labute approximate surface area is 91.5 Å². The molecule has 1 aromatic heterocycles. The van der Waals surface area contributed by atoms with Crippen LogP contribution in [0.2, 0.25) is 0 Å². The number of aliphatic hydroxyl groups excluding tert-OH is 2. The van der Waals surface area contributed by atoms with Crippen LogP contribution in [0.3, 0.4) is 0 Å². The number of hydrogen-bond acceptors (Lipinski definition) is 4. The summed E-state index contributed by atoms with van der Waals surface area (Å²) in [6.45, 7) is 0.921. The average Bonchev–Trinajstić information content (AvgIpc) is 2.27. The molecular weight excluding hydrogens is 212 g/mol. The van der Waals surface area contributed by atoms with Crippen molar-refractivity contribution in [1.82, 2.24) is 9.55 Å². The number of aromatic nitrogens is 2. The summed E-state index contributed by atoms with van der Waals surface area (Å²) < 4.78 is 1.25. The zero-order valence-corrected chi connectivity index (χ0v) is 9.15. The Hall–Kier alpha value is -1.66. The molecule has 1 aromatic rings. The molecular formula is C10H14N2O4. The maximum atomic E-state index is 11.3. The van der Waals surface area contributed by atoms with Crippen molar-refractivity contribution in [2.24, 2.45) is 7.05 Å². The van der Waals surface area contributed by atoms with Crippen molar-refractivity contribution in [3.8, 4) is 0 Å². The lowest BCUT2D eigenvalue weighted by Crippen LogP contribution is -2.31. The Morgan fingerprint density at radius 3 is 2.44 bits per heavy atom. The van der Waals surface area contributed by atoms with E-state index in [1.54, 1.807) is 6.92 Å². The second kappa shape index (κ2) is 4.91. The monoisotopic (exact) mass is 226 g/mol. The highest BCUT2D eigenvalue weighted by Gasteiger charge is 2.07. The number of hydrogen-bond donors (Lipinski definition) is 3. The predicted octanol–water partition coefficient (Wildman–Crippen LogP) is -1.25. The third-order valence-corrected chi connectivity index (χ3v) is 2.36. The molecule has 6 heteroatoms.